The maximum Gasteiger partial charge on any atom is 0.274 e. The maximum atomic E-state index is 11.8. The van der Waals surface area contributed by atoms with Crippen molar-refractivity contribution in [3.8, 4) is 11.5 Å². The number of ether oxygens (including phenoxy) is 2. The molecule has 8 nitrogen and oxygen atoms in total. The first-order valence-electron chi connectivity index (χ1n) is 5.36. The smallest absolute Gasteiger partial charge is 0.274 e. The number of benzene rings is 1. The van der Waals surface area contributed by atoms with Gasteiger partial charge in [0.05, 0.1) is 12.1 Å². The first-order chi connectivity index (χ1) is 8.69. The summed E-state index contributed by atoms with van der Waals surface area (Å²) < 4.78 is 10.4. The molecule has 0 spiro atoms. The Morgan fingerprint density at radius 2 is 2.11 bits per heavy atom. The Balaban J connectivity index is 2.21. The SMILES string of the molecule is NCC(N)c1nc2cc3c(cc2[n+]([O-])n1)OCO3. The van der Waals surface area contributed by atoms with Crippen LogP contribution >= 0.6 is 0 Å². The first kappa shape index (κ1) is 10.9. The van der Waals surface area contributed by atoms with Gasteiger partial charge in [0.15, 0.2) is 11.5 Å². The Kier molecular flexibility index (Phi) is 2.39. The second-order valence-electron chi connectivity index (χ2n) is 3.88. The van der Waals surface area contributed by atoms with E-state index in [1.807, 2.05) is 0 Å². The van der Waals surface area contributed by atoms with Gasteiger partial charge in [-0.3, -0.25) is 0 Å². The predicted molar refractivity (Wildman–Crippen MR) is 60.6 cm³/mol. The molecule has 1 atom stereocenters. The fourth-order valence-corrected chi connectivity index (χ4v) is 1.72. The van der Waals surface area contributed by atoms with Crippen molar-refractivity contribution in [3.63, 3.8) is 0 Å². The molecule has 3 rings (SSSR count). The third-order valence-corrected chi connectivity index (χ3v) is 2.69. The summed E-state index contributed by atoms with van der Waals surface area (Å²) in [5.41, 5.74) is 11.9. The Hall–Kier alpha value is -2.19. The molecular formula is C10H11N5O3. The van der Waals surface area contributed by atoms with Gasteiger partial charge in [-0.25, -0.2) is 4.98 Å². The normalized spacial score (nSPS) is 15.0. The number of aromatic nitrogens is 3. The average molecular weight is 249 g/mol. The number of nitrogens with zero attached hydrogens (tertiary/aromatic N) is 3. The predicted octanol–water partition coefficient (Wildman–Crippen LogP) is -1.05. The van der Waals surface area contributed by atoms with Crippen molar-refractivity contribution in [3.05, 3.63) is 23.2 Å². The lowest BCUT2D eigenvalue weighted by Crippen LogP contribution is -2.37. The van der Waals surface area contributed by atoms with E-state index in [0.717, 1.165) is 0 Å². The van der Waals surface area contributed by atoms with E-state index >= 15 is 0 Å². The Morgan fingerprint density at radius 1 is 1.39 bits per heavy atom. The molecule has 18 heavy (non-hydrogen) atoms. The summed E-state index contributed by atoms with van der Waals surface area (Å²) >= 11 is 0. The summed E-state index contributed by atoms with van der Waals surface area (Å²) in [6, 6.07) is 2.60. The molecule has 1 aromatic heterocycles. The summed E-state index contributed by atoms with van der Waals surface area (Å²) in [6.07, 6.45) is 0. The van der Waals surface area contributed by atoms with Crippen LogP contribution in [0.2, 0.25) is 0 Å². The highest BCUT2D eigenvalue weighted by molar-refractivity contribution is 5.76. The Morgan fingerprint density at radius 3 is 2.83 bits per heavy atom. The molecule has 0 saturated carbocycles. The van der Waals surface area contributed by atoms with Gasteiger partial charge in [-0.2, -0.15) is 0 Å². The molecule has 0 amide bonds. The summed E-state index contributed by atoms with van der Waals surface area (Å²) in [5, 5.41) is 15.5. The van der Waals surface area contributed by atoms with Crippen LogP contribution in [0.5, 0.6) is 11.5 Å². The van der Waals surface area contributed by atoms with Crippen molar-refractivity contribution in [2.24, 2.45) is 11.5 Å². The van der Waals surface area contributed by atoms with Gasteiger partial charge in [0.1, 0.15) is 5.52 Å². The van der Waals surface area contributed by atoms with Crippen LogP contribution in [0, 0.1) is 5.21 Å². The van der Waals surface area contributed by atoms with Crippen LogP contribution in [0.15, 0.2) is 12.1 Å². The second kappa shape index (κ2) is 3.93. The molecule has 1 aliphatic heterocycles. The van der Waals surface area contributed by atoms with E-state index < -0.39 is 6.04 Å². The minimum Gasteiger partial charge on any atom is -0.594 e. The van der Waals surface area contributed by atoms with Crippen molar-refractivity contribution in [2.45, 2.75) is 6.04 Å². The second-order valence-corrected chi connectivity index (χ2v) is 3.88. The van der Waals surface area contributed by atoms with Crippen molar-refractivity contribution >= 4 is 11.0 Å². The molecule has 4 N–H and O–H groups in total. The summed E-state index contributed by atoms with van der Waals surface area (Å²) in [4.78, 5) is 4.68. The Bertz CT molecular complexity index is 618. The number of hydrogen-bond donors (Lipinski definition) is 2. The number of nitrogens with two attached hydrogens (primary N) is 2. The van der Waals surface area contributed by atoms with Crippen LogP contribution in [0.25, 0.3) is 11.0 Å². The van der Waals surface area contributed by atoms with Crippen LogP contribution in [-0.4, -0.2) is 23.4 Å². The zero-order chi connectivity index (χ0) is 12.7. The molecule has 0 aliphatic carbocycles. The molecule has 0 fully saturated rings. The lowest BCUT2D eigenvalue weighted by atomic mass is 10.2. The third kappa shape index (κ3) is 1.59. The van der Waals surface area contributed by atoms with Gasteiger partial charge in [-0.15, -0.1) is 0 Å². The van der Waals surface area contributed by atoms with Crippen molar-refractivity contribution in [1.29, 1.82) is 0 Å². The van der Waals surface area contributed by atoms with E-state index in [1.54, 1.807) is 12.1 Å². The zero-order valence-electron chi connectivity index (χ0n) is 9.37. The van der Waals surface area contributed by atoms with Crippen molar-refractivity contribution in [2.75, 3.05) is 13.3 Å². The van der Waals surface area contributed by atoms with E-state index in [9.17, 15) is 5.21 Å². The van der Waals surface area contributed by atoms with Gasteiger partial charge in [0, 0.05) is 17.7 Å². The summed E-state index contributed by atoms with van der Waals surface area (Å²) in [6.45, 7) is 0.295. The molecule has 8 heteroatoms. The lowest BCUT2D eigenvalue weighted by Gasteiger charge is -2.07. The fourth-order valence-electron chi connectivity index (χ4n) is 1.72. The zero-order valence-corrected chi connectivity index (χ0v) is 9.37. The fraction of sp³-hybridized carbons (Fsp3) is 0.300. The monoisotopic (exact) mass is 249 g/mol. The van der Waals surface area contributed by atoms with Crippen LogP contribution in [0.3, 0.4) is 0 Å². The topological polar surface area (TPSA) is 123 Å². The Labute approximate surface area is 102 Å². The molecular weight excluding hydrogens is 238 g/mol. The highest BCUT2D eigenvalue weighted by atomic mass is 16.7. The third-order valence-electron chi connectivity index (χ3n) is 2.69. The minimum absolute atomic E-state index is 0.132. The van der Waals surface area contributed by atoms with Gasteiger partial charge in [0.2, 0.25) is 12.6 Å². The molecule has 0 bridgehead atoms. The highest BCUT2D eigenvalue weighted by Crippen LogP contribution is 2.34. The van der Waals surface area contributed by atoms with E-state index in [-0.39, 0.29) is 19.2 Å². The summed E-state index contributed by atoms with van der Waals surface area (Å²) in [7, 11) is 0. The standard InChI is InChI=1S/C10H11N5O3/c11-3-5(12)10-13-6-1-8-9(18-4-17-8)2-7(6)15(16)14-10/h1-2,5H,3-4,11-12H2. The van der Waals surface area contributed by atoms with Crippen LogP contribution in [0.4, 0.5) is 0 Å². The largest absolute Gasteiger partial charge is 0.594 e. The van der Waals surface area contributed by atoms with Gasteiger partial charge < -0.3 is 26.1 Å². The molecule has 0 saturated heterocycles. The first-order valence-corrected chi connectivity index (χ1v) is 5.36. The highest BCUT2D eigenvalue weighted by Gasteiger charge is 2.21. The molecule has 1 unspecified atom stereocenters. The molecule has 0 radical (unpaired) electrons. The molecule has 1 aliphatic rings. The van der Waals surface area contributed by atoms with Crippen LogP contribution in [0.1, 0.15) is 11.9 Å². The molecule has 94 valence electrons. The van der Waals surface area contributed by atoms with Gasteiger partial charge in [0.25, 0.3) is 5.52 Å². The van der Waals surface area contributed by atoms with Crippen LogP contribution in [-0.2, 0) is 0 Å². The number of hydrogen-bond acceptors (Lipinski definition) is 7. The van der Waals surface area contributed by atoms with Crippen molar-refractivity contribution < 1.29 is 14.3 Å². The van der Waals surface area contributed by atoms with E-state index in [0.29, 0.717) is 27.4 Å². The number of rotatable bonds is 2. The number of fused-ring (bicyclic) bond motifs is 2. The molecule has 2 aromatic rings. The molecule has 1 aromatic carbocycles. The molecule has 2 heterocycles. The summed E-state index contributed by atoms with van der Waals surface area (Å²) in [5.74, 6) is 1.26. The van der Waals surface area contributed by atoms with E-state index in [1.165, 1.54) is 0 Å². The average Bonchev–Trinajstić information content (AvgIpc) is 2.82. The lowest BCUT2D eigenvalue weighted by molar-refractivity contribution is -0.644. The van der Waals surface area contributed by atoms with Gasteiger partial charge in [-0.05, 0) is 4.85 Å². The minimum atomic E-state index is -0.569. The maximum absolute atomic E-state index is 11.8. The van der Waals surface area contributed by atoms with Crippen molar-refractivity contribution in [1.82, 2.24) is 10.1 Å². The van der Waals surface area contributed by atoms with E-state index in [4.69, 9.17) is 20.9 Å². The quantitative estimate of drug-likeness (QED) is 0.514. The van der Waals surface area contributed by atoms with Crippen LogP contribution < -0.4 is 25.8 Å². The van der Waals surface area contributed by atoms with Gasteiger partial charge in [-0.1, -0.05) is 0 Å². The van der Waals surface area contributed by atoms with Gasteiger partial charge >= 0.3 is 0 Å². The van der Waals surface area contributed by atoms with E-state index in [2.05, 4.69) is 10.1 Å².